The monoisotopic (exact) mass is 298 g/mol. The molecule has 6 nitrogen and oxygen atoms in total. The zero-order valence-corrected chi connectivity index (χ0v) is 11.9. The highest BCUT2D eigenvalue weighted by Gasteiger charge is 2.03. The highest BCUT2D eigenvalue weighted by molar-refractivity contribution is 5.85. The summed E-state index contributed by atoms with van der Waals surface area (Å²) >= 11 is 0. The van der Waals surface area contributed by atoms with Gasteiger partial charge in [-0.15, -0.1) is 12.4 Å². The molecular weight excluding hydrogens is 280 g/mol. The third-order valence-electron chi connectivity index (χ3n) is 2.92. The second-order valence-electron chi connectivity index (χ2n) is 4.45. The Balaban J connectivity index is 0.00000200. The average molecular weight is 299 g/mol. The molecule has 0 aliphatic carbocycles. The van der Waals surface area contributed by atoms with Gasteiger partial charge in [0.1, 0.15) is 0 Å². The van der Waals surface area contributed by atoms with Gasteiger partial charge >= 0.3 is 5.69 Å². The first kappa shape index (κ1) is 16.3. The molecule has 0 unspecified atom stereocenters. The number of amides is 1. The van der Waals surface area contributed by atoms with E-state index in [1.165, 1.54) is 0 Å². The first-order chi connectivity index (χ1) is 9.19. The van der Waals surface area contributed by atoms with Crippen molar-refractivity contribution < 1.29 is 4.79 Å². The summed E-state index contributed by atoms with van der Waals surface area (Å²) < 4.78 is 0. The van der Waals surface area contributed by atoms with Gasteiger partial charge in [-0.2, -0.15) is 0 Å². The van der Waals surface area contributed by atoms with Crippen LogP contribution >= 0.6 is 12.4 Å². The number of carbonyl (C=O) groups excluding carboxylic acids is 1. The number of aromatic nitrogens is 2. The molecule has 0 saturated heterocycles. The number of benzene rings is 1. The summed E-state index contributed by atoms with van der Waals surface area (Å²) in [6, 6.07) is 5.77. The Morgan fingerprint density at radius 3 is 2.75 bits per heavy atom. The lowest BCUT2D eigenvalue weighted by molar-refractivity contribution is -0.121. The van der Waals surface area contributed by atoms with Crippen LogP contribution in [-0.2, 0) is 11.2 Å². The average Bonchev–Trinajstić information content (AvgIpc) is 2.75. The smallest absolute Gasteiger partial charge is 0.323 e. The fraction of sp³-hybridized carbons (Fsp3) is 0.385. The number of aryl methyl sites for hydroxylation is 1. The number of hydrogen-bond acceptors (Lipinski definition) is 3. The SMILES string of the molecule is Cl.NCCNC(=O)CCCc1ccc2[nH]c(=O)[nH]c2c1. The van der Waals surface area contributed by atoms with E-state index in [0.717, 1.165) is 29.4 Å². The second-order valence-corrected chi connectivity index (χ2v) is 4.45. The van der Waals surface area contributed by atoms with Crippen molar-refractivity contribution in [2.45, 2.75) is 19.3 Å². The summed E-state index contributed by atoms with van der Waals surface area (Å²) in [5.41, 5.74) is 7.81. The van der Waals surface area contributed by atoms with Gasteiger partial charge in [-0.3, -0.25) is 4.79 Å². The molecule has 0 atom stereocenters. The predicted octanol–water partition coefficient (Wildman–Crippen LogP) is 0.676. The van der Waals surface area contributed by atoms with Crippen molar-refractivity contribution in [3.05, 3.63) is 34.2 Å². The molecule has 20 heavy (non-hydrogen) atoms. The normalized spacial score (nSPS) is 10.2. The zero-order valence-electron chi connectivity index (χ0n) is 11.1. The van der Waals surface area contributed by atoms with E-state index in [-0.39, 0.29) is 24.0 Å². The number of imidazole rings is 1. The van der Waals surface area contributed by atoms with Crippen molar-refractivity contribution in [2.75, 3.05) is 13.1 Å². The highest BCUT2D eigenvalue weighted by Crippen LogP contribution is 2.12. The second kappa shape index (κ2) is 7.72. The van der Waals surface area contributed by atoms with Crippen molar-refractivity contribution in [3.63, 3.8) is 0 Å². The predicted molar refractivity (Wildman–Crippen MR) is 81.2 cm³/mol. The van der Waals surface area contributed by atoms with Crippen LogP contribution in [0, 0.1) is 0 Å². The maximum Gasteiger partial charge on any atom is 0.323 e. The molecule has 2 rings (SSSR count). The third kappa shape index (κ3) is 4.40. The molecule has 0 fully saturated rings. The number of rotatable bonds is 6. The van der Waals surface area contributed by atoms with E-state index in [1.807, 2.05) is 18.2 Å². The Morgan fingerprint density at radius 1 is 1.25 bits per heavy atom. The van der Waals surface area contributed by atoms with Gasteiger partial charge in [0.25, 0.3) is 0 Å². The highest BCUT2D eigenvalue weighted by atomic mass is 35.5. The zero-order chi connectivity index (χ0) is 13.7. The summed E-state index contributed by atoms with van der Waals surface area (Å²) in [7, 11) is 0. The summed E-state index contributed by atoms with van der Waals surface area (Å²) in [6.07, 6.45) is 2.07. The Labute approximate surface area is 122 Å². The summed E-state index contributed by atoms with van der Waals surface area (Å²) in [5, 5.41) is 2.74. The van der Waals surface area contributed by atoms with E-state index in [0.29, 0.717) is 19.5 Å². The van der Waals surface area contributed by atoms with Crippen LogP contribution in [0.15, 0.2) is 23.0 Å². The number of fused-ring (bicyclic) bond motifs is 1. The fourth-order valence-corrected chi connectivity index (χ4v) is 1.99. The summed E-state index contributed by atoms with van der Waals surface area (Å²) in [6.45, 7) is 0.985. The molecule has 5 N–H and O–H groups in total. The summed E-state index contributed by atoms with van der Waals surface area (Å²) in [5.74, 6) is 0.0292. The van der Waals surface area contributed by atoms with Crippen LogP contribution in [0.4, 0.5) is 0 Å². The number of hydrogen-bond donors (Lipinski definition) is 4. The number of nitrogens with two attached hydrogens (primary N) is 1. The quantitative estimate of drug-likeness (QED) is 0.630. The Kier molecular flexibility index (Phi) is 6.27. The standard InChI is InChI=1S/C13H18N4O2.ClH/c14-6-7-15-12(18)3-1-2-9-4-5-10-11(8-9)17-13(19)16-10;/h4-5,8H,1-3,6-7,14H2,(H,15,18)(H2,16,17,19);1H. The largest absolute Gasteiger partial charge is 0.355 e. The van der Waals surface area contributed by atoms with E-state index in [9.17, 15) is 9.59 Å². The molecule has 0 bridgehead atoms. The first-order valence-corrected chi connectivity index (χ1v) is 6.37. The van der Waals surface area contributed by atoms with Gasteiger partial charge in [-0.25, -0.2) is 4.79 Å². The van der Waals surface area contributed by atoms with Gasteiger partial charge in [0.15, 0.2) is 0 Å². The molecule has 110 valence electrons. The maximum absolute atomic E-state index is 11.4. The molecule has 1 aromatic carbocycles. The van der Waals surface area contributed by atoms with E-state index < -0.39 is 0 Å². The van der Waals surface area contributed by atoms with Crippen LogP contribution in [-0.4, -0.2) is 29.0 Å². The molecule has 0 saturated carbocycles. The van der Waals surface area contributed by atoms with Crippen LogP contribution in [0.25, 0.3) is 11.0 Å². The van der Waals surface area contributed by atoms with Crippen molar-refractivity contribution in [1.82, 2.24) is 15.3 Å². The van der Waals surface area contributed by atoms with E-state index in [1.54, 1.807) is 0 Å². The third-order valence-corrected chi connectivity index (χ3v) is 2.92. The lowest BCUT2D eigenvalue weighted by Crippen LogP contribution is -2.28. The van der Waals surface area contributed by atoms with Crippen LogP contribution in [0.2, 0.25) is 0 Å². The van der Waals surface area contributed by atoms with Crippen molar-refractivity contribution in [3.8, 4) is 0 Å². The number of carbonyl (C=O) groups is 1. The van der Waals surface area contributed by atoms with Gasteiger partial charge < -0.3 is 21.0 Å². The van der Waals surface area contributed by atoms with Gasteiger partial charge in [-0.1, -0.05) is 6.07 Å². The minimum absolute atomic E-state index is 0. The molecule has 1 amide bonds. The van der Waals surface area contributed by atoms with Gasteiger partial charge in [0.05, 0.1) is 11.0 Å². The molecule has 0 aliphatic rings. The molecule has 1 heterocycles. The lowest BCUT2D eigenvalue weighted by Gasteiger charge is -2.03. The van der Waals surface area contributed by atoms with Crippen LogP contribution < -0.4 is 16.7 Å². The Bertz CT molecular complexity index is 620. The summed E-state index contributed by atoms with van der Waals surface area (Å²) in [4.78, 5) is 27.9. The minimum atomic E-state index is -0.201. The molecule has 0 spiro atoms. The van der Waals surface area contributed by atoms with Gasteiger partial charge in [0, 0.05) is 19.5 Å². The van der Waals surface area contributed by atoms with Crippen LogP contribution in [0.1, 0.15) is 18.4 Å². The van der Waals surface area contributed by atoms with E-state index in [2.05, 4.69) is 15.3 Å². The molecule has 7 heteroatoms. The fourth-order valence-electron chi connectivity index (χ4n) is 1.99. The molecule has 2 aromatic rings. The lowest BCUT2D eigenvalue weighted by atomic mass is 10.1. The van der Waals surface area contributed by atoms with Crippen molar-refractivity contribution >= 4 is 29.3 Å². The number of H-pyrrole nitrogens is 2. The van der Waals surface area contributed by atoms with Gasteiger partial charge in [0.2, 0.25) is 5.91 Å². The Hall–Kier alpha value is -1.79. The van der Waals surface area contributed by atoms with E-state index >= 15 is 0 Å². The number of halogens is 1. The molecule has 0 aliphatic heterocycles. The molecule has 1 aromatic heterocycles. The van der Waals surface area contributed by atoms with E-state index in [4.69, 9.17) is 5.73 Å². The number of aromatic amines is 2. The van der Waals surface area contributed by atoms with Gasteiger partial charge in [-0.05, 0) is 30.5 Å². The maximum atomic E-state index is 11.4. The van der Waals surface area contributed by atoms with Crippen LogP contribution in [0.5, 0.6) is 0 Å². The molecule has 0 radical (unpaired) electrons. The van der Waals surface area contributed by atoms with Crippen molar-refractivity contribution in [1.29, 1.82) is 0 Å². The Morgan fingerprint density at radius 2 is 2.00 bits per heavy atom. The van der Waals surface area contributed by atoms with Crippen molar-refractivity contribution in [2.24, 2.45) is 5.73 Å². The number of nitrogens with one attached hydrogen (secondary N) is 3. The molecular formula is C13H19ClN4O2. The van der Waals surface area contributed by atoms with Crippen LogP contribution in [0.3, 0.4) is 0 Å². The first-order valence-electron chi connectivity index (χ1n) is 6.37. The minimum Gasteiger partial charge on any atom is -0.355 e. The topological polar surface area (TPSA) is 104 Å².